The summed E-state index contributed by atoms with van der Waals surface area (Å²) in [7, 11) is 1.61. The van der Waals surface area contributed by atoms with Gasteiger partial charge in [-0.25, -0.2) is 4.98 Å². The van der Waals surface area contributed by atoms with Crippen molar-refractivity contribution in [1.82, 2.24) is 4.98 Å². The maximum absolute atomic E-state index is 12.4. The van der Waals surface area contributed by atoms with E-state index in [0.717, 1.165) is 37.4 Å². The van der Waals surface area contributed by atoms with Crippen LogP contribution in [0.25, 0.3) is 0 Å². The summed E-state index contributed by atoms with van der Waals surface area (Å²) in [6, 6.07) is 16.2. The Hall–Kier alpha value is -2.70. The molecule has 2 aromatic carbocycles. The van der Waals surface area contributed by atoms with E-state index in [4.69, 9.17) is 9.72 Å². The zero-order valence-electron chi connectivity index (χ0n) is 16.1. The van der Waals surface area contributed by atoms with E-state index in [2.05, 4.69) is 29.6 Å². The van der Waals surface area contributed by atoms with E-state index in [1.54, 1.807) is 18.9 Å². The number of amides is 1. The zero-order valence-corrected chi connectivity index (χ0v) is 17.0. The summed E-state index contributed by atoms with van der Waals surface area (Å²) in [6.07, 6.45) is 1.10. The minimum absolute atomic E-state index is 0.0790. The molecule has 4 rings (SSSR count). The van der Waals surface area contributed by atoms with Crippen LogP contribution in [0.5, 0.6) is 5.75 Å². The second-order valence-electron chi connectivity index (χ2n) is 7.02. The number of thiazole rings is 1. The van der Waals surface area contributed by atoms with Crippen molar-refractivity contribution in [1.29, 1.82) is 0 Å². The van der Waals surface area contributed by atoms with Crippen LogP contribution in [0.15, 0.2) is 53.9 Å². The number of benzene rings is 2. The highest BCUT2D eigenvalue weighted by molar-refractivity contribution is 7.14. The van der Waals surface area contributed by atoms with Gasteiger partial charge in [0.05, 0.1) is 19.3 Å². The molecule has 1 atom stereocenters. The van der Waals surface area contributed by atoms with Crippen LogP contribution < -0.4 is 14.5 Å². The van der Waals surface area contributed by atoms with Gasteiger partial charge in [-0.1, -0.05) is 36.4 Å². The molecule has 28 heavy (non-hydrogen) atoms. The second kappa shape index (κ2) is 8.12. The molecular weight excluding hydrogens is 370 g/mol. The Kier molecular flexibility index (Phi) is 5.41. The lowest BCUT2D eigenvalue weighted by molar-refractivity contribution is -0.929. The van der Waals surface area contributed by atoms with Crippen LogP contribution in [-0.4, -0.2) is 24.5 Å². The minimum atomic E-state index is -0.0790. The third-order valence-corrected chi connectivity index (χ3v) is 5.98. The molecule has 0 saturated heterocycles. The van der Waals surface area contributed by atoms with Gasteiger partial charge in [-0.2, -0.15) is 0 Å². The molecule has 1 aromatic heterocycles. The fourth-order valence-electron chi connectivity index (χ4n) is 3.75. The molecule has 5 nitrogen and oxygen atoms in total. The van der Waals surface area contributed by atoms with Gasteiger partial charge in [0.15, 0.2) is 5.13 Å². The number of methoxy groups -OCH3 is 1. The minimum Gasteiger partial charge on any atom is -0.495 e. The van der Waals surface area contributed by atoms with Gasteiger partial charge in [-0.15, -0.1) is 11.3 Å². The first-order valence-corrected chi connectivity index (χ1v) is 10.3. The smallest absolute Gasteiger partial charge is 0.230 e. The molecule has 6 heteroatoms. The number of anilines is 2. The number of carbonyl (C=O) groups is 1. The summed E-state index contributed by atoms with van der Waals surface area (Å²) in [5, 5.41) is 2.75. The molecule has 144 valence electrons. The van der Waals surface area contributed by atoms with Crippen molar-refractivity contribution in [2.75, 3.05) is 18.6 Å². The number of para-hydroxylation sites is 2. The highest BCUT2D eigenvalue weighted by Crippen LogP contribution is 2.35. The van der Waals surface area contributed by atoms with Gasteiger partial charge in [-0.3, -0.25) is 9.69 Å². The van der Waals surface area contributed by atoms with Crippen molar-refractivity contribution in [3.8, 4) is 5.75 Å². The highest BCUT2D eigenvalue weighted by atomic mass is 32.1. The number of aromatic nitrogens is 1. The van der Waals surface area contributed by atoms with E-state index in [0.29, 0.717) is 10.9 Å². The van der Waals surface area contributed by atoms with Crippen LogP contribution in [0.4, 0.5) is 10.8 Å². The Bertz CT molecular complexity index is 985. The van der Waals surface area contributed by atoms with Crippen LogP contribution in [0.3, 0.4) is 0 Å². The average molecular weight is 395 g/mol. The lowest BCUT2D eigenvalue weighted by Crippen LogP contribution is -3.10. The number of nitrogens with one attached hydrogen (secondary N) is 1. The molecule has 3 aromatic rings. The normalized spacial score (nSPS) is 15.7. The first-order chi connectivity index (χ1) is 13.7. The van der Waals surface area contributed by atoms with Gasteiger partial charge in [0.1, 0.15) is 24.5 Å². The molecule has 1 N–H and O–H groups in total. The lowest BCUT2D eigenvalue weighted by atomic mass is 10.00. The summed E-state index contributed by atoms with van der Waals surface area (Å²) in [4.78, 5) is 20.3. The number of carbonyl (C=O) groups excluding carboxylic acids is 1. The third-order valence-electron chi connectivity index (χ3n) is 5.11. The van der Waals surface area contributed by atoms with Crippen molar-refractivity contribution in [2.24, 2.45) is 0 Å². The van der Waals surface area contributed by atoms with Crippen molar-refractivity contribution in [3.63, 3.8) is 0 Å². The fourth-order valence-corrected chi connectivity index (χ4v) is 4.63. The molecule has 1 aliphatic heterocycles. The van der Waals surface area contributed by atoms with E-state index >= 15 is 0 Å². The predicted molar refractivity (Wildman–Crippen MR) is 111 cm³/mol. The van der Waals surface area contributed by atoms with E-state index < -0.39 is 0 Å². The topological polar surface area (TPSA) is 46.9 Å². The number of quaternary nitrogens is 1. The number of rotatable bonds is 5. The number of nitrogens with zero attached hydrogens (tertiary/aromatic N) is 2. The SMILES string of the molecule is COc1ccccc1N(C(C)=O)c1nc(C[NH+]2CCc3ccccc3C2)cs1. The molecule has 2 heterocycles. The fraction of sp³-hybridized carbons (Fsp3) is 0.273. The van der Waals surface area contributed by atoms with Gasteiger partial charge in [0, 0.05) is 24.3 Å². The van der Waals surface area contributed by atoms with Crippen LogP contribution in [0, 0.1) is 0 Å². The summed E-state index contributed by atoms with van der Waals surface area (Å²) in [6.45, 7) is 4.54. The maximum Gasteiger partial charge on any atom is 0.230 e. The van der Waals surface area contributed by atoms with Gasteiger partial charge in [-0.05, 0) is 17.7 Å². The molecule has 1 amide bonds. The molecule has 1 aliphatic rings. The molecule has 0 radical (unpaired) electrons. The average Bonchev–Trinajstić information content (AvgIpc) is 3.16. The van der Waals surface area contributed by atoms with E-state index in [9.17, 15) is 4.79 Å². The van der Waals surface area contributed by atoms with Crippen LogP contribution in [-0.2, 0) is 24.3 Å². The van der Waals surface area contributed by atoms with Gasteiger partial charge in [0.25, 0.3) is 0 Å². The second-order valence-corrected chi connectivity index (χ2v) is 7.86. The van der Waals surface area contributed by atoms with E-state index in [1.165, 1.54) is 27.4 Å². The Labute approximate surface area is 169 Å². The van der Waals surface area contributed by atoms with Crippen LogP contribution in [0.1, 0.15) is 23.7 Å². The maximum atomic E-state index is 12.4. The summed E-state index contributed by atoms with van der Waals surface area (Å²) in [5.41, 5.74) is 4.64. The quantitative estimate of drug-likeness (QED) is 0.724. The molecule has 0 fully saturated rings. The lowest BCUT2D eigenvalue weighted by Gasteiger charge is -2.25. The largest absolute Gasteiger partial charge is 0.495 e. The highest BCUT2D eigenvalue weighted by Gasteiger charge is 2.24. The van der Waals surface area contributed by atoms with E-state index in [1.807, 2.05) is 24.3 Å². The van der Waals surface area contributed by atoms with Crippen molar-refractivity contribution >= 4 is 28.1 Å². The summed E-state index contributed by atoms with van der Waals surface area (Å²) >= 11 is 1.50. The molecule has 1 unspecified atom stereocenters. The first kappa shape index (κ1) is 18.7. The van der Waals surface area contributed by atoms with Crippen molar-refractivity contribution in [2.45, 2.75) is 26.4 Å². The predicted octanol–water partition coefficient (Wildman–Crippen LogP) is 2.98. The number of fused-ring (bicyclic) bond motifs is 1. The summed E-state index contributed by atoms with van der Waals surface area (Å²) < 4.78 is 5.44. The van der Waals surface area contributed by atoms with Crippen molar-refractivity contribution in [3.05, 3.63) is 70.7 Å². The molecule has 0 aliphatic carbocycles. The third kappa shape index (κ3) is 3.79. The standard InChI is InChI=1S/C22H23N3O2S/c1-16(26)25(20-9-5-6-10-21(20)27-2)22-23-19(15-28-22)14-24-12-11-17-7-3-4-8-18(17)13-24/h3-10,15H,11-14H2,1-2H3/p+1. The Morgan fingerprint density at radius 3 is 2.71 bits per heavy atom. The number of hydrogen-bond donors (Lipinski definition) is 1. The Balaban J connectivity index is 1.54. The zero-order chi connectivity index (χ0) is 19.5. The van der Waals surface area contributed by atoms with E-state index in [-0.39, 0.29) is 5.91 Å². The Morgan fingerprint density at radius 1 is 1.18 bits per heavy atom. The van der Waals surface area contributed by atoms with Crippen LogP contribution in [0.2, 0.25) is 0 Å². The monoisotopic (exact) mass is 394 g/mol. The molecular formula is C22H24N3O2S+. The number of hydrogen-bond acceptors (Lipinski definition) is 4. The van der Waals surface area contributed by atoms with Crippen LogP contribution >= 0.6 is 11.3 Å². The molecule has 0 bridgehead atoms. The van der Waals surface area contributed by atoms with Crippen molar-refractivity contribution < 1.29 is 14.4 Å². The molecule has 0 spiro atoms. The summed E-state index contributed by atoms with van der Waals surface area (Å²) in [5.74, 6) is 0.581. The first-order valence-electron chi connectivity index (χ1n) is 9.44. The van der Waals surface area contributed by atoms with Gasteiger partial charge >= 0.3 is 0 Å². The number of ether oxygens (including phenoxy) is 1. The van der Waals surface area contributed by atoms with Gasteiger partial charge < -0.3 is 9.64 Å². The van der Waals surface area contributed by atoms with Gasteiger partial charge in [0.2, 0.25) is 5.91 Å². The Morgan fingerprint density at radius 2 is 1.93 bits per heavy atom. The molecule has 0 saturated carbocycles.